The lowest BCUT2D eigenvalue weighted by atomic mass is 9.98. The molecule has 53 heavy (non-hydrogen) atoms. The highest BCUT2D eigenvalue weighted by Crippen LogP contribution is 2.44. The van der Waals surface area contributed by atoms with E-state index in [4.69, 9.17) is 9.47 Å². The van der Waals surface area contributed by atoms with E-state index in [-0.39, 0.29) is 31.3 Å². The van der Waals surface area contributed by atoms with Crippen molar-refractivity contribution in [2.75, 3.05) is 6.61 Å². The molecule has 4 aromatic rings. The largest absolute Gasteiger partial charge is 0.481 e. The number of carboxylic acid groups (broad SMARTS) is 1. The van der Waals surface area contributed by atoms with E-state index < -0.39 is 60.0 Å². The highest BCUT2D eigenvalue weighted by Gasteiger charge is 2.35. The SMILES string of the molecule is CC[C@H](C)[C@H](NC(=O)[C@H](CCC(=O)O)NC(=O)[C@H](Cc1c[nH]c2ccccc12)NC(=O)OCC1c2ccccc2-c2ccccc21)C(=O)OC(C)(C)C. The zero-order valence-corrected chi connectivity index (χ0v) is 30.7. The Bertz CT molecular complexity index is 1920. The molecule has 0 aliphatic heterocycles. The number of alkyl carbamates (subject to hydrolysis) is 1. The van der Waals surface area contributed by atoms with Gasteiger partial charge in [0, 0.05) is 35.9 Å². The molecule has 5 N–H and O–H groups in total. The monoisotopic (exact) mass is 724 g/mol. The Morgan fingerprint density at radius 2 is 1.43 bits per heavy atom. The third-order valence-electron chi connectivity index (χ3n) is 9.50. The minimum absolute atomic E-state index is 0.0204. The zero-order chi connectivity index (χ0) is 38.3. The number of H-pyrrole nitrogens is 1. The van der Waals surface area contributed by atoms with E-state index in [9.17, 15) is 29.1 Å². The molecule has 12 heteroatoms. The van der Waals surface area contributed by atoms with Crippen molar-refractivity contribution < 1.29 is 38.6 Å². The van der Waals surface area contributed by atoms with Crippen LogP contribution in [0.4, 0.5) is 4.79 Å². The lowest BCUT2D eigenvalue weighted by Crippen LogP contribution is -2.57. The average molecular weight is 725 g/mol. The predicted octanol–water partition coefficient (Wildman–Crippen LogP) is 5.84. The molecule has 0 saturated carbocycles. The lowest BCUT2D eigenvalue weighted by Gasteiger charge is -2.29. The number of benzene rings is 3. The van der Waals surface area contributed by atoms with E-state index in [1.807, 2.05) is 79.7 Å². The summed E-state index contributed by atoms with van der Waals surface area (Å²) in [5.41, 5.74) is 4.95. The molecule has 0 unspecified atom stereocenters. The van der Waals surface area contributed by atoms with Gasteiger partial charge >= 0.3 is 18.0 Å². The lowest BCUT2D eigenvalue weighted by molar-refractivity contribution is -0.160. The number of aromatic amines is 1. The molecule has 3 amide bonds. The summed E-state index contributed by atoms with van der Waals surface area (Å²) in [5, 5.41) is 18.4. The molecule has 0 fully saturated rings. The fraction of sp³-hybridized carbons (Fsp3) is 0.390. The van der Waals surface area contributed by atoms with Gasteiger partial charge in [0.15, 0.2) is 0 Å². The van der Waals surface area contributed by atoms with Gasteiger partial charge in [-0.15, -0.1) is 0 Å². The number of carbonyl (C=O) groups is 5. The maximum atomic E-state index is 14.1. The Labute approximate surface area is 309 Å². The number of fused-ring (bicyclic) bond motifs is 4. The molecule has 0 saturated heterocycles. The van der Waals surface area contributed by atoms with Crippen LogP contribution >= 0.6 is 0 Å². The van der Waals surface area contributed by atoms with Gasteiger partial charge in [0.1, 0.15) is 30.3 Å². The Hall–Kier alpha value is -5.65. The molecule has 1 aromatic heterocycles. The van der Waals surface area contributed by atoms with E-state index in [0.29, 0.717) is 6.42 Å². The summed E-state index contributed by atoms with van der Waals surface area (Å²) >= 11 is 0. The van der Waals surface area contributed by atoms with E-state index in [0.717, 1.165) is 38.7 Å². The first-order valence-corrected chi connectivity index (χ1v) is 18.0. The topological polar surface area (TPSA) is 176 Å². The molecule has 1 aliphatic rings. The second-order valence-electron chi connectivity index (χ2n) is 14.5. The summed E-state index contributed by atoms with van der Waals surface area (Å²) in [7, 11) is 0. The van der Waals surface area contributed by atoms with Crippen LogP contribution < -0.4 is 16.0 Å². The number of ether oxygens (including phenoxy) is 2. The first-order valence-electron chi connectivity index (χ1n) is 18.0. The normalized spacial score (nSPS) is 14.6. The van der Waals surface area contributed by atoms with Gasteiger partial charge in [-0.2, -0.15) is 0 Å². The number of aromatic nitrogens is 1. The second kappa shape index (κ2) is 16.8. The molecule has 0 spiro atoms. The zero-order valence-electron chi connectivity index (χ0n) is 30.7. The third-order valence-corrected chi connectivity index (χ3v) is 9.50. The predicted molar refractivity (Wildman–Crippen MR) is 200 cm³/mol. The van der Waals surface area contributed by atoms with E-state index in [1.165, 1.54) is 0 Å². The van der Waals surface area contributed by atoms with Gasteiger partial charge in [-0.1, -0.05) is 87.0 Å². The Morgan fingerprint density at radius 1 is 0.830 bits per heavy atom. The number of hydrogen-bond donors (Lipinski definition) is 5. The number of hydrogen-bond acceptors (Lipinski definition) is 7. The summed E-state index contributed by atoms with van der Waals surface area (Å²) in [6.07, 6.45) is 0.773. The van der Waals surface area contributed by atoms with Crippen molar-refractivity contribution in [3.63, 3.8) is 0 Å². The van der Waals surface area contributed by atoms with Crippen LogP contribution in [0.5, 0.6) is 0 Å². The number of carbonyl (C=O) groups excluding carboxylic acids is 4. The number of para-hydroxylation sites is 1. The van der Waals surface area contributed by atoms with Crippen molar-refractivity contribution >= 4 is 40.7 Å². The summed E-state index contributed by atoms with van der Waals surface area (Å²) < 4.78 is 11.3. The minimum Gasteiger partial charge on any atom is -0.481 e. The van der Waals surface area contributed by atoms with Gasteiger partial charge in [-0.25, -0.2) is 9.59 Å². The fourth-order valence-electron chi connectivity index (χ4n) is 6.61. The summed E-state index contributed by atoms with van der Waals surface area (Å²) in [6.45, 7) is 8.82. The van der Waals surface area contributed by atoms with Crippen LogP contribution in [0.2, 0.25) is 0 Å². The highest BCUT2D eigenvalue weighted by molar-refractivity contribution is 5.94. The van der Waals surface area contributed by atoms with Crippen LogP contribution in [0, 0.1) is 5.92 Å². The number of aliphatic carboxylic acids is 1. The Kier molecular flexibility index (Phi) is 12.2. The van der Waals surface area contributed by atoms with Gasteiger partial charge in [0.05, 0.1) is 0 Å². The van der Waals surface area contributed by atoms with Crippen molar-refractivity contribution in [1.29, 1.82) is 0 Å². The number of rotatable bonds is 15. The van der Waals surface area contributed by atoms with Gasteiger partial charge in [-0.3, -0.25) is 14.4 Å². The van der Waals surface area contributed by atoms with Gasteiger partial charge in [0.25, 0.3) is 0 Å². The maximum absolute atomic E-state index is 14.1. The van der Waals surface area contributed by atoms with E-state index >= 15 is 0 Å². The molecule has 12 nitrogen and oxygen atoms in total. The summed E-state index contributed by atoms with van der Waals surface area (Å²) in [6, 6.07) is 19.8. The van der Waals surface area contributed by atoms with Crippen molar-refractivity contribution in [2.24, 2.45) is 5.92 Å². The molecule has 280 valence electrons. The van der Waals surface area contributed by atoms with Crippen molar-refractivity contribution in [3.05, 3.63) is 95.7 Å². The molecule has 0 bridgehead atoms. The first kappa shape index (κ1) is 38.6. The van der Waals surface area contributed by atoms with Crippen LogP contribution in [-0.2, 0) is 35.1 Å². The van der Waals surface area contributed by atoms with Gasteiger partial charge < -0.3 is 35.5 Å². The van der Waals surface area contributed by atoms with Gasteiger partial charge in [-0.05, 0) is 67.0 Å². The Morgan fingerprint density at radius 3 is 2.06 bits per heavy atom. The number of amides is 3. The smallest absolute Gasteiger partial charge is 0.407 e. The molecule has 0 radical (unpaired) electrons. The molecule has 1 heterocycles. The standard InChI is InChI=1S/C41H48N4O8/c1-6-24(2)36(39(50)53-41(3,4)5)45-37(48)33(19-20-35(46)47)43-38(49)34(21-25-22-42-32-18-12-11-13-26(25)32)44-40(51)52-23-31-29-16-9-7-14-27(29)28-15-8-10-17-30(28)31/h7-18,22,24,31,33-34,36,42H,6,19-21,23H2,1-5H3,(H,43,49)(H,44,51)(H,45,48)(H,46,47)/t24-,33-,34-,36-/m0/s1. The van der Waals surface area contributed by atoms with Crippen molar-refractivity contribution in [3.8, 4) is 11.1 Å². The quantitative estimate of drug-likeness (QED) is 0.0951. The molecule has 3 aromatic carbocycles. The summed E-state index contributed by atoms with van der Waals surface area (Å²) in [5.74, 6) is -3.82. The molecular formula is C41H48N4O8. The fourth-order valence-corrected chi connectivity index (χ4v) is 6.61. The van der Waals surface area contributed by atoms with Crippen LogP contribution in [-0.4, -0.2) is 70.3 Å². The molecular weight excluding hydrogens is 676 g/mol. The summed E-state index contributed by atoms with van der Waals surface area (Å²) in [4.78, 5) is 69.2. The number of nitrogens with one attached hydrogen (secondary N) is 4. The third kappa shape index (κ3) is 9.62. The molecule has 4 atom stereocenters. The number of carboxylic acids is 1. The van der Waals surface area contributed by atoms with E-state index in [2.05, 4.69) is 20.9 Å². The van der Waals surface area contributed by atoms with Crippen molar-refractivity contribution in [1.82, 2.24) is 20.9 Å². The molecule has 1 aliphatic carbocycles. The van der Waals surface area contributed by atoms with E-state index in [1.54, 1.807) is 33.9 Å². The van der Waals surface area contributed by atoms with Crippen LogP contribution in [0.15, 0.2) is 79.0 Å². The second-order valence-corrected chi connectivity index (χ2v) is 14.5. The minimum atomic E-state index is -1.35. The number of esters is 1. The van der Waals surface area contributed by atoms with Crippen LogP contribution in [0.1, 0.15) is 76.5 Å². The maximum Gasteiger partial charge on any atom is 0.407 e. The van der Waals surface area contributed by atoms with Crippen LogP contribution in [0.3, 0.4) is 0 Å². The van der Waals surface area contributed by atoms with Gasteiger partial charge in [0.2, 0.25) is 11.8 Å². The van der Waals surface area contributed by atoms with Crippen molar-refractivity contribution in [2.45, 2.75) is 89.9 Å². The first-order chi connectivity index (χ1) is 25.3. The average Bonchev–Trinajstić information content (AvgIpc) is 3.68. The highest BCUT2D eigenvalue weighted by atomic mass is 16.6. The Balaban J connectivity index is 1.36. The van der Waals surface area contributed by atoms with Crippen LogP contribution in [0.25, 0.3) is 22.0 Å². The molecule has 5 rings (SSSR count).